The van der Waals surface area contributed by atoms with Crippen molar-refractivity contribution in [2.75, 3.05) is 46.4 Å². The molecule has 2 fully saturated rings. The van der Waals surface area contributed by atoms with Crippen molar-refractivity contribution in [3.63, 3.8) is 0 Å². The first-order valence-electron chi connectivity index (χ1n) is 14.1. The maximum atomic E-state index is 14.6. The topological polar surface area (TPSA) is 82.1 Å². The molecule has 0 radical (unpaired) electrons. The molecule has 1 saturated carbocycles. The van der Waals surface area contributed by atoms with Crippen LogP contribution in [0.15, 0.2) is 41.3 Å². The van der Waals surface area contributed by atoms with Crippen LogP contribution in [0.4, 0.5) is 17.6 Å². The van der Waals surface area contributed by atoms with E-state index in [0.717, 1.165) is 12.1 Å². The summed E-state index contributed by atoms with van der Waals surface area (Å²) in [5.41, 5.74) is 0.0399. The number of hydrogen-bond acceptors (Lipinski definition) is 6. The van der Waals surface area contributed by atoms with Crippen molar-refractivity contribution < 1.29 is 35.8 Å². The number of hydrogen-bond donors (Lipinski definition) is 2. The van der Waals surface area contributed by atoms with Crippen LogP contribution in [0.2, 0.25) is 0 Å². The number of aliphatic hydroxyl groups is 1. The summed E-state index contributed by atoms with van der Waals surface area (Å²) in [4.78, 5) is 4.11. The summed E-state index contributed by atoms with van der Waals surface area (Å²) in [6.07, 6.45) is 1.18. The van der Waals surface area contributed by atoms with Crippen LogP contribution >= 0.6 is 0 Å². The zero-order chi connectivity index (χ0) is 29.4. The van der Waals surface area contributed by atoms with Gasteiger partial charge in [-0.05, 0) is 75.6 Å². The molecule has 7 nitrogen and oxygen atoms in total. The van der Waals surface area contributed by atoms with Crippen LogP contribution in [0, 0.1) is 17.0 Å². The number of rotatable bonds is 2. The highest BCUT2D eigenvalue weighted by Gasteiger charge is 2.42. The number of alkyl halides is 2. The standard InChI is InChI=1S/C29H37F4N3O4S/c1-35-17-23(37)16-34-41(38,39)27-5-2-20(24-4-3-21(30)15-25(24)31)14-26(27)40-19-28(18-35)10-12-36(13-11-28)22-6-8-29(32,33)9-7-22/h2-5,14-15,22-23,34,37H,6-13,16-19H2,1H3. The summed E-state index contributed by atoms with van der Waals surface area (Å²) < 4.78 is 90.7. The molecular formula is C29H37F4N3O4S. The summed E-state index contributed by atoms with van der Waals surface area (Å²) in [5, 5.41) is 10.6. The van der Waals surface area contributed by atoms with E-state index in [1.54, 1.807) is 0 Å². The number of nitrogens with one attached hydrogen (secondary N) is 1. The first-order valence-corrected chi connectivity index (χ1v) is 15.5. The Morgan fingerprint density at radius 1 is 1.02 bits per heavy atom. The van der Waals surface area contributed by atoms with Crippen LogP contribution in [0.5, 0.6) is 5.75 Å². The number of β-amino-alcohol motifs (C(OH)–C–C–N with tert-alkyl or cyclic N) is 1. The maximum Gasteiger partial charge on any atom is 0.248 e. The molecule has 0 amide bonds. The van der Waals surface area contributed by atoms with E-state index in [1.165, 1.54) is 24.3 Å². The number of benzene rings is 2. The molecule has 1 saturated heterocycles. The van der Waals surface area contributed by atoms with Crippen molar-refractivity contribution in [1.29, 1.82) is 0 Å². The molecule has 12 heteroatoms. The van der Waals surface area contributed by atoms with Gasteiger partial charge in [-0.3, -0.25) is 0 Å². The van der Waals surface area contributed by atoms with Gasteiger partial charge in [0.25, 0.3) is 0 Å². The highest BCUT2D eigenvalue weighted by atomic mass is 32.2. The van der Waals surface area contributed by atoms with Gasteiger partial charge in [0.2, 0.25) is 15.9 Å². The first kappa shape index (κ1) is 30.2. The Morgan fingerprint density at radius 2 is 1.73 bits per heavy atom. The second-order valence-corrected chi connectivity index (χ2v) is 13.6. The lowest BCUT2D eigenvalue weighted by Gasteiger charge is -2.47. The van der Waals surface area contributed by atoms with Gasteiger partial charge >= 0.3 is 0 Å². The number of aliphatic hydroxyl groups excluding tert-OH is 1. The monoisotopic (exact) mass is 599 g/mol. The zero-order valence-corrected chi connectivity index (χ0v) is 23.9. The molecule has 2 aromatic carbocycles. The van der Waals surface area contributed by atoms with E-state index in [0.29, 0.717) is 50.9 Å². The quantitative estimate of drug-likeness (QED) is 0.503. The van der Waals surface area contributed by atoms with Crippen LogP contribution in [0.1, 0.15) is 38.5 Å². The summed E-state index contributed by atoms with van der Waals surface area (Å²) in [6.45, 7) is 2.19. The third-order valence-corrected chi connectivity index (χ3v) is 10.2. The van der Waals surface area contributed by atoms with E-state index in [9.17, 15) is 31.1 Å². The molecule has 0 aromatic heterocycles. The lowest BCUT2D eigenvalue weighted by molar-refractivity contribution is -0.0640. The van der Waals surface area contributed by atoms with Crippen LogP contribution in [-0.4, -0.2) is 87.8 Å². The van der Waals surface area contributed by atoms with E-state index in [2.05, 4.69) is 9.62 Å². The predicted octanol–water partition coefficient (Wildman–Crippen LogP) is 4.26. The van der Waals surface area contributed by atoms with Crippen LogP contribution in [0.25, 0.3) is 11.1 Å². The smallest absolute Gasteiger partial charge is 0.248 e. The Hall–Kier alpha value is -2.25. The van der Waals surface area contributed by atoms with Gasteiger partial charge in [0.1, 0.15) is 22.3 Å². The van der Waals surface area contributed by atoms with Gasteiger partial charge in [-0.25, -0.2) is 30.7 Å². The Balaban J connectivity index is 1.43. The van der Waals surface area contributed by atoms with E-state index in [4.69, 9.17) is 4.74 Å². The summed E-state index contributed by atoms with van der Waals surface area (Å²) in [5.74, 6) is -4.06. The van der Waals surface area contributed by atoms with Crippen LogP contribution in [-0.2, 0) is 10.0 Å². The second kappa shape index (κ2) is 11.8. The van der Waals surface area contributed by atoms with Crippen molar-refractivity contribution in [2.45, 2.75) is 61.5 Å². The molecule has 1 spiro atoms. The number of ether oxygens (including phenoxy) is 1. The van der Waals surface area contributed by atoms with Crippen molar-refractivity contribution >= 4 is 10.0 Å². The lowest BCUT2D eigenvalue weighted by atomic mass is 9.77. The Morgan fingerprint density at radius 3 is 2.41 bits per heavy atom. The predicted molar refractivity (Wildman–Crippen MR) is 146 cm³/mol. The van der Waals surface area contributed by atoms with Gasteiger partial charge in [-0.15, -0.1) is 0 Å². The lowest BCUT2D eigenvalue weighted by Crippen LogP contribution is -2.53. The van der Waals surface area contributed by atoms with Crippen molar-refractivity contribution in [1.82, 2.24) is 14.5 Å². The Labute approximate surface area is 238 Å². The number of fused-ring (bicyclic) bond motifs is 1. The largest absolute Gasteiger partial charge is 0.492 e. The fraction of sp³-hybridized carbons (Fsp3) is 0.586. The van der Waals surface area contributed by atoms with Gasteiger partial charge in [0.05, 0.1) is 12.7 Å². The van der Waals surface area contributed by atoms with Gasteiger partial charge in [0, 0.05) is 55.6 Å². The molecule has 5 rings (SSSR count). The van der Waals surface area contributed by atoms with E-state index in [1.807, 2.05) is 11.9 Å². The second-order valence-electron chi connectivity index (χ2n) is 11.9. The summed E-state index contributed by atoms with van der Waals surface area (Å²) in [7, 11) is -2.22. The molecule has 2 heterocycles. The molecule has 41 heavy (non-hydrogen) atoms. The van der Waals surface area contributed by atoms with Gasteiger partial charge in [0.15, 0.2) is 0 Å². The third-order valence-electron chi connectivity index (χ3n) is 8.71. The molecule has 1 atom stereocenters. The minimum Gasteiger partial charge on any atom is -0.492 e. The number of sulfonamides is 1. The molecule has 2 aromatic rings. The van der Waals surface area contributed by atoms with E-state index < -0.39 is 39.1 Å². The molecule has 1 aliphatic carbocycles. The summed E-state index contributed by atoms with van der Waals surface area (Å²) >= 11 is 0. The molecule has 0 bridgehead atoms. The normalized spacial score (nSPS) is 26.0. The van der Waals surface area contributed by atoms with Crippen LogP contribution in [0.3, 0.4) is 0 Å². The van der Waals surface area contributed by atoms with Crippen molar-refractivity contribution in [3.8, 4) is 16.9 Å². The average Bonchev–Trinajstić information content (AvgIpc) is 2.91. The minimum absolute atomic E-state index is 0.0350. The molecule has 2 N–H and O–H groups in total. The van der Waals surface area contributed by atoms with Crippen molar-refractivity contribution in [3.05, 3.63) is 48.0 Å². The molecular weight excluding hydrogens is 562 g/mol. The molecule has 3 aliphatic rings. The van der Waals surface area contributed by atoms with E-state index in [-0.39, 0.29) is 54.8 Å². The van der Waals surface area contributed by atoms with Gasteiger partial charge < -0.3 is 19.6 Å². The number of nitrogens with zero attached hydrogens (tertiary/aromatic N) is 2. The minimum atomic E-state index is -4.09. The Kier molecular flexibility index (Phi) is 8.69. The summed E-state index contributed by atoms with van der Waals surface area (Å²) in [6, 6.07) is 7.51. The van der Waals surface area contributed by atoms with Gasteiger partial charge in [-0.2, -0.15) is 0 Å². The average molecular weight is 600 g/mol. The Bertz CT molecular complexity index is 1340. The maximum absolute atomic E-state index is 14.6. The van der Waals surface area contributed by atoms with Crippen molar-refractivity contribution in [2.24, 2.45) is 5.41 Å². The number of halogens is 4. The number of piperidine rings is 1. The fourth-order valence-electron chi connectivity index (χ4n) is 6.41. The SMILES string of the molecule is CN1CC(O)CNS(=O)(=O)c2ccc(-c3ccc(F)cc3F)cc2OCC2(CCN(C3CCC(F)(F)CC3)CC2)C1. The fourth-order valence-corrected chi connectivity index (χ4v) is 7.61. The molecule has 2 aliphatic heterocycles. The van der Waals surface area contributed by atoms with Crippen LogP contribution < -0.4 is 9.46 Å². The molecule has 226 valence electrons. The first-order chi connectivity index (χ1) is 19.3. The third kappa shape index (κ3) is 7.05. The highest BCUT2D eigenvalue weighted by molar-refractivity contribution is 7.89. The number of likely N-dealkylation sites (N-methyl/N-ethyl adjacent to an activating group) is 1. The zero-order valence-electron chi connectivity index (χ0n) is 23.1. The number of likely N-dealkylation sites (tertiary alicyclic amines) is 1. The van der Waals surface area contributed by atoms with E-state index >= 15 is 0 Å². The van der Waals surface area contributed by atoms with Gasteiger partial charge in [-0.1, -0.05) is 6.07 Å². The highest BCUT2D eigenvalue weighted by Crippen LogP contribution is 2.40. The molecule has 1 unspecified atom stereocenters.